The summed E-state index contributed by atoms with van der Waals surface area (Å²) in [5.41, 5.74) is -0.612. The van der Waals surface area contributed by atoms with Crippen molar-refractivity contribution in [3.63, 3.8) is 0 Å². The van der Waals surface area contributed by atoms with Crippen LogP contribution in [0.1, 0.15) is 47.5 Å². The van der Waals surface area contributed by atoms with E-state index >= 15 is 0 Å². The molecule has 118 valence electrons. The van der Waals surface area contributed by atoms with Crippen LogP contribution in [0.2, 0.25) is 0 Å². The van der Waals surface area contributed by atoms with Gasteiger partial charge in [0, 0.05) is 19.6 Å². The highest BCUT2D eigenvalue weighted by molar-refractivity contribution is 7.86. The van der Waals surface area contributed by atoms with Gasteiger partial charge in [-0.15, -0.1) is 0 Å². The van der Waals surface area contributed by atoms with Gasteiger partial charge in [0.05, 0.1) is 0 Å². The molecule has 1 rings (SSSR count). The van der Waals surface area contributed by atoms with Crippen LogP contribution in [-0.4, -0.2) is 54.3 Å². The van der Waals surface area contributed by atoms with Crippen LogP contribution in [0.5, 0.6) is 0 Å². The average molecular weight is 306 g/mol. The van der Waals surface area contributed by atoms with E-state index in [1.165, 1.54) is 15.7 Å². The van der Waals surface area contributed by atoms with Crippen molar-refractivity contribution in [2.24, 2.45) is 0 Å². The smallest absolute Gasteiger partial charge is 0.325 e. The molecule has 6 nitrogen and oxygen atoms in total. The fourth-order valence-corrected chi connectivity index (χ4v) is 3.79. The summed E-state index contributed by atoms with van der Waals surface area (Å²) in [6.07, 6.45) is 1.19. The number of nitrogens with zero attached hydrogens (tertiary/aromatic N) is 2. The molecule has 0 aromatic carbocycles. The summed E-state index contributed by atoms with van der Waals surface area (Å²) in [7, 11) is -2.09. The highest BCUT2D eigenvalue weighted by Crippen LogP contribution is 2.26. The number of rotatable bonds is 4. The van der Waals surface area contributed by atoms with Crippen molar-refractivity contribution < 1.29 is 17.9 Å². The quantitative estimate of drug-likeness (QED) is 0.736. The summed E-state index contributed by atoms with van der Waals surface area (Å²) in [4.78, 5) is 12.2. The molecule has 0 saturated carbocycles. The predicted molar refractivity (Wildman–Crippen MR) is 77.4 cm³/mol. The van der Waals surface area contributed by atoms with Crippen LogP contribution in [0.4, 0.5) is 0 Å². The van der Waals surface area contributed by atoms with Gasteiger partial charge < -0.3 is 4.74 Å². The highest BCUT2D eigenvalue weighted by atomic mass is 32.2. The van der Waals surface area contributed by atoms with Crippen molar-refractivity contribution >= 4 is 16.2 Å². The topological polar surface area (TPSA) is 66.9 Å². The molecule has 0 aliphatic carbocycles. The Labute approximate surface area is 122 Å². The van der Waals surface area contributed by atoms with E-state index in [9.17, 15) is 13.2 Å². The fourth-order valence-electron chi connectivity index (χ4n) is 2.05. The van der Waals surface area contributed by atoms with Crippen LogP contribution in [0.3, 0.4) is 0 Å². The number of hydrogen-bond donors (Lipinski definition) is 0. The molecule has 1 atom stereocenters. The lowest BCUT2D eigenvalue weighted by atomic mass is 10.2. The standard InChI is InChI=1S/C13H26N2O4S/c1-10(2)14(6)20(17,18)15-9-7-8-11(15)12(16)19-13(3,4)5/h10-11H,7-9H2,1-6H3/t11-/m1/s1. The third kappa shape index (κ3) is 3.93. The molecule has 1 saturated heterocycles. The van der Waals surface area contributed by atoms with E-state index in [2.05, 4.69) is 0 Å². The third-order valence-corrected chi connectivity index (χ3v) is 5.45. The van der Waals surface area contributed by atoms with Crippen molar-refractivity contribution in [2.75, 3.05) is 13.6 Å². The zero-order valence-electron chi connectivity index (χ0n) is 13.2. The predicted octanol–water partition coefficient (Wildman–Crippen LogP) is 1.38. The van der Waals surface area contributed by atoms with Gasteiger partial charge in [-0.2, -0.15) is 17.0 Å². The van der Waals surface area contributed by atoms with E-state index in [1.54, 1.807) is 34.6 Å². The summed E-state index contributed by atoms with van der Waals surface area (Å²) in [6.45, 7) is 9.30. The van der Waals surface area contributed by atoms with Gasteiger partial charge >= 0.3 is 5.97 Å². The molecule has 0 amide bonds. The minimum absolute atomic E-state index is 0.153. The van der Waals surface area contributed by atoms with E-state index in [-0.39, 0.29) is 6.04 Å². The first kappa shape index (κ1) is 17.4. The molecule has 7 heteroatoms. The monoisotopic (exact) mass is 306 g/mol. The van der Waals surface area contributed by atoms with Gasteiger partial charge in [-0.3, -0.25) is 4.79 Å². The lowest BCUT2D eigenvalue weighted by Crippen LogP contribution is -2.50. The minimum atomic E-state index is -3.62. The Morgan fingerprint density at radius 1 is 1.35 bits per heavy atom. The van der Waals surface area contributed by atoms with E-state index in [1.807, 2.05) is 0 Å². The molecule has 0 spiro atoms. The van der Waals surface area contributed by atoms with Gasteiger partial charge in [0.2, 0.25) is 0 Å². The van der Waals surface area contributed by atoms with Crippen molar-refractivity contribution in [3.05, 3.63) is 0 Å². The summed E-state index contributed by atoms with van der Waals surface area (Å²) < 4.78 is 32.9. The number of carbonyl (C=O) groups excluding carboxylic acids is 1. The molecular weight excluding hydrogens is 280 g/mol. The van der Waals surface area contributed by atoms with E-state index in [4.69, 9.17) is 4.74 Å². The van der Waals surface area contributed by atoms with Gasteiger partial charge in [0.1, 0.15) is 11.6 Å². The number of carbonyl (C=O) groups is 1. The van der Waals surface area contributed by atoms with Crippen molar-refractivity contribution in [3.8, 4) is 0 Å². The second-order valence-electron chi connectivity index (χ2n) is 6.42. The summed E-state index contributed by atoms with van der Waals surface area (Å²) >= 11 is 0. The SMILES string of the molecule is CC(C)N(C)S(=O)(=O)N1CCC[C@@H]1C(=O)OC(C)(C)C. The maximum absolute atomic E-state index is 12.5. The molecule has 20 heavy (non-hydrogen) atoms. The maximum atomic E-state index is 12.5. The Morgan fingerprint density at radius 2 is 1.90 bits per heavy atom. The molecule has 0 N–H and O–H groups in total. The van der Waals surface area contributed by atoms with Gasteiger partial charge in [-0.25, -0.2) is 0 Å². The van der Waals surface area contributed by atoms with Crippen LogP contribution < -0.4 is 0 Å². The molecule has 0 bridgehead atoms. The van der Waals surface area contributed by atoms with Crippen LogP contribution in [0.25, 0.3) is 0 Å². The van der Waals surface area contributed by atoms with E-state index in [0.717, 1.165) is 0 Å². The molecular formula is C13H26N2O4S. The van der Waals surface area contributed by atoms with Crippen LogP contribution in [0, 0.1) is 0 Å². The van der Waals surface area contributed by atoms with E-state index in [0.29, 0.717) is 19.4 Å². The molecule has 1 heterocycles. The zero-order chi connectivity index (χ0) is 15.7. The number of esters is 1. The van der Waals surface area contributed by atoms with Crippen molar-refractivity contribution in [1.29, 1.82) is 0 Å². The Bertz CT molecular complexity index is 453. The van der Waals surface area contributed by atoms with E-state index < -0.39 is 27.8 Å². The fraction of sp³-hybridized carbons (Fsp3) is 0.923. The van der Waals surface area contributed by atoms with Crippen molar-refractivity contribution in [2.45, 2.75) is 65.1 Å². The molecule has 1 fully saturated rings. The lowest BCUT2D eigenvalue weighted by molar-refractivity contribution is -0.158. The second-order valence-corrected chi connectivity index (χ2v) is 8.36. The zero-order valence-corrected chi connectivity index (χ0v) is 14.0. The van der Waals surface area contributed by atoms with Gasteiger partial charge in [0.25, 0.3) is 10.2 Å². The van der Waals surface area contributed by atoms with Gasteiger partial charge in [0.15, 0.2) is 0 Å². The van der Waals surface area contributed by atoms with Gasteiger partial charge in [-0.05, 0) is 47.5 Å². The Morgan fingerprint density at radius 3 is 2.35 bits per heavy atom. The molecule has 1 aliphatic rings. The summed E-state index contributed by atoms with van der Waals surface area (Å²) in [5, 5.41) is 0. The van der Waals surface area contributed by atoms with Crippen LogP contribution in [0.15, 0.2) is 0 Å². The summed E-state index contributed by atoms with van der Waals surface area (Å²) in [5.74, 6) is -0.462. The van der Waals surface area contributed by atoms with Crippen molar-refractivity contribution in [1.82, 2.24) is 8.61 Å². The molecule has 0 unspecified atom stereocenters. The third-order valence-electron chi connectivity index (χ3n) is 3.27. The average Bonchev–Trinajstić information content (AvgIpc) is 2.74. The molecule has 0 aromatic heterocycles. The first-order valence-electron chi connectivity index (χ1n) is 6.94. The Hall–Kier alpha value is -0.660. The first-order valence-corrected chi connectivity index (χ1v) is 8.34. The normalized spacial score (nSPS) is 21.7. The molecule has 0 radical (unpaired) electrons. The Balaban J connectivity index is 2.93. The van der Waals surface area contributed by atoms with Crippen LogP contribution in [-0.2, 0) is 19.7 Å². The maximum Gasteiger partial charge on any atom is 0.325 e. The Kier molecular flexibility index (Phi) is 5.21. The highest BCUT2D eigenvalue weighted by Gasteiger charge is 2.42. The lowest BCUT2D eigenvalue weighted by Gasteiger charge is -2.31. The number of ether oxygens (including phenoxy) is 1. The molecule has 1 aliphatic heterocycles. The van der Waals surface area contributed by atoms with Gasteiger partial charge in [-0.1, -0.05) is 0 Å². The second kappa shape index (κ2) is 5.99. The minimum Gasteiger partial charge on any atom is -0.459 e. The summed E-state index contributed by atoms with van der Waals surface area (Å²) in [6, 6.07) is -0.861. The number of hydrogen-bond acceptors (Lipinski definition) is 4. The first-order chi connectivity index (χ1) is 8.97. The largest absolute Gasteiger partial charge is 0.459 e. The van der Waals surface area contributed by atoms with Crippen LogP contribution >= 0.6 is 0 Å². The molecule has 0 aromatic rings.